The Morgan fingerprint density at radius 3 is 2.76 bits per heavy atom. The molecule has 0 aliphatic carbocycles. The van der Waals surface area contributed by atoms with E-state index in [0.29, 0.717) is 16.7 Å². The van der Waals surface area contributed by atoms with Gasteiger partial charge in [0.1, 0.15) is 11.6 Å². The van der Waals surface area contributed by atoms with E-state index in [0.717, 1.165) is 5.39 Å². The molecule has 0 bridgehead atoms. The molecule has 0 fully saturated rings. The van der Waals surface area contributed by atoms with Crippen molar-refractivity contribution in [3.8, 4) is 5.75 Å². The van der Waals surface area contributed by atoms with Gasteiger partial charge in [0, 0.05) is 12.4 Å². The van der Waals surface area contributed by atoms with Crippen LogP contribution in [-0.2, 0) is 16.0 Å². The van der Waals surface area contributed by atoms with Crippen molar-refractivity contribution in [2.24, 2.45) is 0 Å². The zero-order valence-electron chi connectivity index (χ0n) is 11.6. The van der Waals surface area contributed by atoms with Gasteiger partial charge in [-0.15, -0.1) is 0 Å². The van der Waals surface area contributed by atoms with Gasteiger partial charge >= 0.3 is 5.97 Å². The fourth-order valence-corrected chi connectivity index (χ4v) is 2.02. The maximum atomic E-state index is 13.4. The van der Waals surface area contributed by atoms with Crippen molar-refractivity contribution in [2.45, 2.75) is 6.42 Å². The zero-order chi connectivity index (χ0) is 15.4. The van der Waals surface area contributed by atoms with Crippen LogP contribution in [0.25, 0.3) is 10.8 Å². The van der Waals surface area contributed by atoms with Gasteiger partial charge in [-0.2, -0.15) is 0 Å². The van der Waals surface area contributed by atoms with E-state index in [2.05, 4.69) is 10.1 Å². The predicted molar refractivity (Wildman–Crippen MR) is 81.9 cm³/mol. The Kier molecular flexibility index (Phi) is 4.70. The summed E-state index contributed by atoms with van der Waals surface area (Å²) in [6, 6.07) is 7.79. The minimum atomic E-state index is -0.372. The van der Waals surface area contributed by atoms with Crippen LogP contribution in [0.3, 0.4) is 0 Å². The third kappa shape index (κ3) is 3.66. The molecule has 2 aromatic rings. The highest BCUT2D eigenvalue weighted by Crippen LogP contribution is 2.29. The minimum absolute atomic E-state index is 0.104. The van der Waals surface area contributed by atoms with Gasteiger partial charge in [-0.1, -0.05) is 12.1 Å². The third-order valence-corrected chi connectivity index (χ3v) is 3.21. The lowest BCUT2D eigenvalue weighted by atomic mass is 10.0. The number of hydrogen-bond acceptors (Lipinski definition) is 4. The van der Waals surface area contributed by atoms with Crippen LogP contribution in [0.5, 0.6) is 5.75 Å². The molecule has 110 valence electrons. The highest BCUT2D eigenvalue weighted by Gasteiger charge is 2.11. The van der Waals surface area contributed by atoms with Gasteiger partial charge in [-0.25, -0.2) is 4.39 Å². The summed E-state index contributed by atoms with van der Waals surface area (Å²) >= 11 is 4.97. The number of hydrogen-bond donors (Lipinski definition) is 1. The maximum Gasteiger partial charge on any atom is 0.309 e. The maximum absolute atomic E-state index is 13.4. The Morgan fingerprint density at radius 2 is 2.10 bits per heavy atom. The molecule has 2 aromatic carbocycles. The molecule has 21 heavy (non-hydrogen) atoms. The molecular weight excluding hydrogens is 293 g/mol. The number of halogens is 1. The number of thiocarbonyl (C=S) groups is 1. The molecular formula is C15H14FNO3S. The SMILES string of the molecule is CNC(=S)Oc1cc(CC(=O)OC)cc2ccc(F)cc12. The van der Waals surface area contributed by atoms with Crippen molar-refractivity contribution >= 4 is 34.1 Å². The molecule has 0 atom stereocenters. The predicted octanol–water partition coefficient (Wildman–Crippen LogP) is 2.58. The second-order valence-corrected chi connectivity index (χ2v) is 4.72. The van der Waals surface area contributed by atoms with Crippen LogP contribution < -0.4 is 10.1 Å². The van der Waals surface area contributed by atoms with Crippen molar-refractivity contribution in [1.29, 1.82) is 0 Å². The van der Waals surface area contributed by atoms with E-state index in [1.165, 1.54) is 19.2 Å². The number of benzene rings is 2. The van der Waals surface area contributed by atoms with Gasteiger partial charge in [-0.3, -0.25) is 4.79 Å². The van der Waals surface area contributed by atoms with E-state index in [1.54, 1.807) is 25.2 Å². The molecule has 0 spiro atoms. The molecule has 0 saturated carbocycles. The number of ether oxygens (including phenoxy) is 2. The Balaban J connectivity index is 2.51. The molecule has 6 heteroatoms. The second kappa shape index (κ2) is 6.49. The van der Waals surface area contributed by atoms with Gasteiger partial charge < -0.3 is 14.8 Å². The monoisotopic (exact) mass is 307 g/mol. The molecule has 0 amide bonds. The van der Waals surface area contributed by atoms with Crippen LogP contribution in [0.2, 0.25) is 0 Å². The van der Waals surface area contributed by atoms with E-state index in [4.69, 9.17) is 17.0 Å². The van der Waals surface area contributed by atoms with E-state index in [9.17, 15) is 9.18 Å². The summed E-state index contributed by atoms with van der Waals surface area (Å²) in [4.78, 5) is 11.4. The van der Waals surface area contributed by atoms with Crippen LogP contribution in [0.15, 0.2) is 30.3 Å². The van der Waals surface area contributed by atoms with Crippen molar-refractivity contribution in [2.75, 3.05) is 14.2 Å². The Morgan fingerprint density at radius 1 is 1.33 bits per heavy atom. The first kappa shape index (κ1) is 15.2. The van der Waals surface area contributed by atoms with Crippen LogP contribution >= 0.6 is 12.2 Å². The summed E-state index contributed by atoms with van der Waals surface area (Å²) < 4.78 is 23.6. The standard InChI is InChI=1S/C15H14FNO3S/c1-17-15(21)20-13-6-9(7-14(18)19-2)5-10-3-4-11(16)8-12(10)13/h3-6,8H,7H2,1-2H3,(H,17,21). The Hall–Kier alpha value is -2.21. The molecule has 0 aromatic heterocycles. The van der Waals surface area contributed by atoms with E-state index in [-0.39, 0.29) is 23.4 Å². The Labute approximate surface area is 126 Å². The van der Waals surface area contributed by atoms with Crippen molar-refractivity contribution in [3.05, 3.63) is 41.7 Å². The molecule has 1 N–H and O–H groups in total. The summed E-state index contributed by atoms with van der Waals surface area (Å²) in [7, 11) is 2.95. The van der Waals surface area contributed by atoms with Crippen molar-refractivity contribution in [3.63, 3.8) is 0 Å². The van der Waals surface area contributed by atoms with Gasteiger partial charge in [0.25, 0.3) is 5.17 Å². The smallest absolute Gasteiger partial charge is 0.309 e. The largest absolute Gasteiger partial charge is 0.469 e. The number of carbonyl (C=O) groups is 1. The van der Waals surface area contributed by atoms with Gasteiger partial charge in [-0.05, 0) is 41.4 Å². The van der Waals surface area contributed by atoms with Gasteiger partial charge in [0.05, 0.1) is 13.5 Å². The number of esters is 1. The number of nitrogens with one attached hydrogen (secondary N) is 1. The molecule has 0 aliphatic rings. The number of methoxy groups -OCH3 is 1. The fraction of sp³-hybridized carbons (Fsp3) is 0.200. The molecule has 0 unspecified atom stereocenters. The molecule has 0 radical (unpaired) electrons. The number of fused-ring (bicyclic) bond motifs is 1. The lowest BCUT2D eigenvalue weighted by molar-refractivity contribution is -0.139. The highest BCUT2D eigenvalue weighted by molar-refractivity contribution is 7.80. The minimum Gasteiger partial charge on any atom is -0.469 e. The van der Waals surface area contributed by atoms with Crippen LogP contribution in [0.4, 0.5) is 4.39 Å². The summed E-state index contributed by atoms with van der Waals surface area (Å²) in [5.74, 6) is -0.340. The summed E-state index contributed by atoms with van der Waals surface area (Å²) in [6.07, 6.45) is 0.104. The quantitative estimate of drug-likeness (QED) is 0.697. The average molecular weight is 307 g/mol. The number of carbonyl (C=O) groups excluding carboxylic acids is 1. The van der Waals surface area contributed by atoms with E-state index in [1.807, 2.05) is 0 Å². The molecule has 4 nitrogen and oxygen atoms in total. The van der Waals surface area contributed by atoms with Gasteiger partial charge in [0.2, 0.25) is 0 Å². The first-order chi connectivity index (χ1) is 10.0. The first-order valence-electron chi connectivity index (χ1n) is 6.22. The van der Waals surface area contributed by atoms with Crippen molar-refractivity contribution in [1.82, 2.24) is 5.32 Å². The molecule has 2 rings (SSSR count). The molecule has 0 saturated heterocycles. The molecule has 0 heterocycles. The zero-order valence-corrected chi connectivity index (χ0v) is 12.4. The number of rotatable bonds is 3. The van der Waals surface area contributed by atoms with Crippen LogP contribution in [0.1, 0.15) is 5.56 Å². The second-order valence-electron chi connectivity index (χ2n) is 4.35. The lowest BCUT2D eigenvalue weighted by Crippen LogP contribution is -2.22. The lowest BCUT2D eigenvalue weighted by Gasteiger charge is -2.12. The van der Waals surface area contributed by atoms with Crippen LogP contribution in [-0.4, -0.2) is 25.3 Å². The summed E-state index contributed by atoms with van der Waals surface area (Å²) in [6.45, 7) is 0. The average Bonchev–Trinajstić information content (AvgIpc) is 2.47. The first-order valence-corrected chi connectivity index (χ1v) is 6.63. The van der Waals surface area contributed by atoms with Gasteiger partial charge in [0.15, 0.2) is 0 Å². The van der Waals surface area contributed by atoms with E-state index >= 15 is 0 Å². The summed E-state index contributed by atoms with van der Waals surface area (Å²) in [5, 5.41) is 4.19. The van der Waals surface area contributed by atoms with Crippen molar-refractivity contribution < 1.29 is 18.7 Å². The highest BCUT2D eigenvalue weighted by atomic mass is 32.1. The molecule has 0 aliphatic heterocycles. The van der Waals surface area contributed by atoms with Crippen LogP contribution in [0, 0.1) is 5.82 Å². The normalized spacial score (nSPS) is 10.2. The van der Waals surface area contributed by atoms with E-state index < -0.39 is 0 Å². The fourth-order valence-electron chi connectivity index (χ4n) is 1.93. The Bertz CT molecular complexity index is 703. The third-order valence-electron chi connectivity index (χ3n) is 2.92. The topological polar surface area (TPSA) is 47.6 Å². The summed E-state index contributed by atoms with van der Waals surface area (Å²) in [5.41, 5.74) is 0.704.